The van der Waals surface area contributed by atoms with E-state index in [0.29, 0.717) is 38.0 Å². The Morgan fingerprint density at radius 1 is 1.06 bits per heavy atom. The molecule has 0 atom stereocenters. The van der Waals surface area contributed by atoms with Crippen LogP contribution in [-0.2, 0) is 19.5 Å². The summed E-state index contributed by atoms with van der Waals surface area (Å²) in [6.45, 7) is 7.49. The van der Waals surface area contributed by atoms with Crippen LogP contribution >= 0.6 is 23.2 Å². The molecule has 2 fully saturated rings. The fourth-order valence-electron chi connectivity index (χ4n) is 2.82. The summed E-state index contributed by atoms with van der Waals surface area (Å²) in [7, 11) is -3.72. The Bertz CT molecular complexity index is 834. The Morgan fingerprint density at radius 3 is 2.13 bits per heavy atom. The van der Waals surface area contributed by atoms with Gasteiger partial charge in [0.25, 0.3) is 15.9 Å². The number of hydrogen-bond acceptors (Lipinski definition) is 4. The van der Waals surface area contributed by atoms with Crippen LogP contribution in [-0.4, -0.2) is 93.9 Å². The van der Waals surface area contributed by atoms with E-state index in [2.05, 4.69) is 8.97 Å². The number of ether oxygens (including phenoxy) is 2. The molecule has 176 valence electrons. The third-order valence-electron chi connectivity index (χ3n) is 4.59. The van der Waals surface area contributed by atoms with E-state index in [1.165, 1.54) is 0 Å². The molecule has 0 bridgehead atoms. The molecule has 2 heterocycles. The van der Waals surface area contributed by atoms with Gasteiger partial charge in [-0.2, -0.15) is 8.42 Å². The minimum Gasteiger partial charge on any atom is -1.00 e. The van der Waals surface area contributed by atoms with E-state index < -0.39 is 10.0 Å². The van der Waals surface area contributed by atoms with Gasteiger partial charge in [0.05, 0.1) is 37.2 Å². The molecule has 2 saturated heterocycles. The van der Waals surface area contributed by atoms with Crippen LogP contribution in [0.15, 0.2) is 33.6 Å². The van der Waals surface area contributed by atoms with Gasteiger partial charge in [0.15, 0.2) is 0 Å². The number of morpholine rings is 2. The Balaban J connectivity index is 0.000000370. The second-order valence-electron chi connectivity index (χ2n) is 6.75. The molecular weight excluding hydrogens is 487 g/mol. The van der Waals surface area contributed by atoms with Crippen molar-refractivity contribution in [2.45, 2.75) is 11.8 Å². The highest BCUT2D eigenvalue weighted by Gasteiger charge is 2.19. The lowest BCUT2D eigenvalue weighted by atomic mass is 10.2. The zero-order valence-electron chi connectivity index (χ0n) is 17.5. The monoisotopic (exact) mass is 514 g/mol. The SMILES string of the molecule is Cc1ccc(S(=O)(=O)N=C(CCl)N2CCOCC2)cc1.NC(CCl)=[N+]1CCOCC1.[Cl-]. The molecule has 0 spiro atoms. The molecule has 2 aliphatic heterocycles. The van der Waals surface area contributed by atoms with E-state index in [1.807, 2.05) is 11.8 Å². The summed E-state index contributed by atoms with van der Waals surface area (Å²) in [5.41, 5.74) is 6.60. The summed E-state index contributed by atoms with van der Waals surface area (Å²) in [4.78, 5) is 2.03. The van der Waals surface area contributed by atoms with Gasteiger partial charge >= 0.3 is 0 Å². The van der Waals surface area contributed by atoms with Crippen molar-refractivity contribution in [3.8, 4) is 0 Å². The fourth-order valence-corrected chi connectivity index (χ4v) is 4.34. The fraction of sp³-hybridized carbons (Fsp3) is 0.579. The first-order valence-electron chi connectivity index (χ1n) is 9.66. The number of hydrogen-bond donors (Lipinski definition) is 1. The van der Waals surface area contributed by atoms with Gasteiger partial charge in [-0.05, 0) is 19.1 Å². The van der Waals surface area contributed by atoms with Gasteiger partial charge in [-0.25, -0.2) is 0 Å². The normalized spacial score (nSPS) is 17.3. The highest BCUT2D eigenvalue weighted by molar-refractivity contribution is 7.90. The third-order valence-corrected chi connectivity index (χ3v) is 6.43. The van der Waals surface area contributed by atoms with E-state index in [1.54, 1.807) is 24.3 Å². The molecule has 0 saturated carbocycles. The Labute approximate surface area is 200 Å². The summed E-state index contributed by atoms with van der Waals surface area (Å²) < 4.78 is 40.8. The van der Waals surface area contributed by atoms with E-state index >= 15 is 0 Å². The van der Waals surface area contributed by atoms with Crippen LogP contribution in [0.25, 0.3) is 0 Å². The number of nitrogens with zero attached hydrogens (tertiary/aromatic N) is 3. The van der Waals surface area contributed by atoms with Crippen LogP contribution in [0.4, 0.5) is 0 Å². The Kier molecular flexibility index (Phi) is 12.7. The average Bonchev–Trinajstić information content (AvgIpc) is 2.79. The smallest absolute Gasteiger partial charge is 0.283 e. The van der Waals surface area contributed by atoms with Crippen LogP contribution in [0.5, 0.6) is 0 Å². The topological polar surface area (TPSA) is 97.2 Å². The zero-order valence-corrected chi connectivity index (χ0v) is 20.6. The first-order chi connectivity index (χ1) is 14.4. The second kappa shape index (κ2) is 14.1. The molecule has 1 aromatic carbocycles. The molecule has 0 aliphatic carbocycles. The summed E-state index contributed by atoms with van der Waals surface area (Å²) in [6, 6.07) is 6.60. The molecule has 0 amide bonds. The largest absolute Gasteiger partial charge is 1.00 e. The molecule has 0 radical (unpaired) electrons. The van der Waals surface area contributed by atoms with Crippen LogP contribution in [0.1, 0.15) is 5.56 Å². The summed E-state index contributed by atoms with van der Waals surface area (Å²) in [5.74, 6) is 1.60. The quantitative estimate of drug-likeness (QED) is 0.222. The van der Waals surface area contributed by atoms with Crippen molar-refractivity contribution in [2.75, 3.05) is 64.4 Å². The molecule has 31 heavy (non-hydrogen) atoms. The first-order valence-corrected chi connectivity index (χ1v) is 12.2. The number of alkyl halides is 2. The second-order valence-corrected chi connectivity index (χ2v) is 8.89. The minimum atomic E-state index is -3.72. The van der Waals surface area contributed by atoms with Gasteiger partial charge in [0.2, 0.25) is 0 Å². The average molecular weight is 516 g/mol. The lowest BCUT2D eigenvalue weighted by Crippen LogP contribution is -3.00. The number of nitrogens with two attached hydrogens (primary N) is 1. The molecule has 12 heteroatoms. The lowest BCUT2D eigenvalue weighted by molar-refractivity contribution is -0.550. The van der Waals surface area contributed by atoms with Crippen LogP contribution in [0, 0.1) is 6.92 Å². The number of benzene rings is 1. The van der Waals surface area contributed by atoms with Crippen molar-refractivity contribution in [3.63, 3.8) is 0 Å². The van der Waals surface area contributed by atoms with E-state index in [-0.39, 0.29) is 23.2 Å². The number of rotatable bonds is 4. The summed E-state index contributed by atoms with van der Waals surface area (Å²) >= 11 is 11.4. The van der Waals surface area contributed by atoms with Gasteiger partial charge in [0, 0.05) is 13.1 Å². The summed E-state index contributed by atoms with van der Waals surface area (Å²) in [6.07, 6.45) is 0. The number of halogens is 3. The molecule has 3 rings (SSSR count). The molecule has 2 N–H and O–H groups in total. The molecule has 2 aliphatic rings. The van der Waals surface area contributed by atoms with Crippen molar-refractivity contribution in [3.05, 3.63) is 29.8 Å². The summed E-state index contributed by atoms with van der Waals surface area (Å²) in [5, 5.41) is 0. The standard InChI is InChI=1S/C13H17ClN2O3S.C6H11ClN2O.ClH/c1-11-2-4-12(5-3-11)20(17,18)15-13(10-14)16-6-8-19-9-7-16;7-5-6(8)9-1-3-10-4-2-9;/h2-5H,6-10H2,1H3;8H,1-5H2;1H. The van der Waals surface area contributed by atoms with Crippen LogP contribution in [0.3, 0.4) is 0 Å². The molecule has 8 nitrogen and oxygen atoms in total. The number of aryl methyl sites for hydroxylation is 1. The van der Waals surface area contributed by atoms with Crippen LogP contribution < -0.4 is 18.1 Å². The minimum absolute atomic E-state index is 0. The molecule has 0 aromatic heterocycles. The predicted molar refractivity (Wildman–Crippen MR) is 120 cm³/mol. The highest BCUT2D eigenvalue weighted by atomic mass is 35.5. The predicted octanol–water partition coefficient (Wildman–Crippen LogP) is -1.72. The maximum atomic E-state index is 12.3. The lowest BCUT2D eigenvalue weighted by Gasteiger charge is -2.28. The Morgan fingerprint density at radius 2 is 1.61 bits per heavy atom. The van der Waals surface area contributed by atoms with E-state index in [9.17, 15) is 8.42 Å². The van der Waals surface area contributed by atoms with E-state index in [0.717, 1.165) is 37.7 Å². The number of amidine groups is 2. The van der Waals surface area contributed by atoms with Gasteiger partial charge in [-0.15, -0.1) is 27.6 Å². The van der Waals surface area contributed by atoms with E-state index in [4.69, 9.17) is 38.4 Å². The number of sulfonamides is 1. The van der Waals surface area contributed by atoms with Crippen molar-refractivity contribution in [1.82, 2.24) is 4.90 Å². The first kappa shape index (κ1) is 27.9. The molecule has 1 aromatic rings. The van der Waals surface area contributed by atoms with Gasteiger partial charge in [0.1, 0.15) is 24.8 Å². The van der Waals surface area contributed by atoms with Gasteiger partial charge in [-0.1, -0.05) is 17.7 Å². The van der Waals surface area contributed by atoms with Crippen molar-refractivity contribution in [1.29, 1.82) is 0 Å². The van der Waals surface area contributed by atoms with Crippen molar-refractivity contribution < 1.29 is 34.9 Å². The van der Waals surface area contributed by atoms with Crippen molar-refractivity contribution >= 4 is 44.9 Å². The maximum Gasteiger partial charge on any atom is 0.283 e. The van der Waals surface area contributed by atoms with Crippen LogP contribution in [0.2, 0.25) is 0 Å². The van der Waals surface area contributed by atoms with Gasteiger partial charge in [-0.3, -0.25) is 10.3 Å². The molecular formula is C19H29Cl3N4O4S. The Hall–Kier alpha value is -1.10. The molecule has 0 unspecified atom stereocenters. The zero-order chi connectivity index (χ0) is 22.0. The van der Waals surface area contributed by atoms with Crippen molar-refractivity contribution in [2.24, 2.45) is 10.1 Å². The maximum absolute atomic E-state index is 12.3. The third kappa shape index (κ3) is 9.11. The van der Waals surface area contributed by atoms with Gasteiger partial charge < -0.3 is 26.8 Å². The highest BCUT2D eigenvalue weighted by Crippen LogP contribution is 2.14.